The van der Waals surface area contributed by atoms with Crippen LogP contribution in [0.25, 0.3) is 10.9 Å². The molecule has 1 aliphatic carbocycles. The Hall–Kier alpha value is -6.84. The highest BCUT2D eigenvalue weighted by Gasteiger charge is 2.43. The van der Waals surface area contributed by atoms with Crippen LogP contribution in [0.5, 0.6) is 17.2 Å². The Morgan fingerprint density at radius 2 is 1.55 bits per heavy atom. The molecule has 1 saturated carbocycles. The first kappa shape index (κ1) is 45.7. The van der Waals surface area contributed by atoms with E-state index in [-0.39, 0.29) is 83.7 Å². The van der Waals surface area contributed by atoms with Crippen molar-refractivity contribution in [3.63, 3.8) is 0 Å². The maximum atomic E-state index is 13.9. The van der Waals surface area contributed by atoms with Crippen LogP contribution in [0.4, 0.5) is 0 Å². The first-order chi connectivity index (χ1) is 31.9. The number of phenols is 2. The van der Waals surface area contributed by atoms with Crippen LogP contribution in [0, 0.1) is 11.8 Å². The van der Waals surface area contributed by atoms with E-state index in [2.05, 4.69) is 32.7 Å². The number of fused-ring (bicyclic) bond motifs is 1. The van der Waals surface area contributed by atoms with Crippen LogP contribution in [-0.2, 0) is 33.0 Å². The number of aliphatic hydroxyl groups is 2. The standard InChI is InChI=1S/C52H54N4O10/c57-44-18-16-42(43-17-19-48(61)55-49(43)44)46(59)29-53-28-36-15-14-35(26-45(36)58)50(62)54-40-24-37(25-40)47(60)32-65-41-13-7-12-39(27-41)52(64,38-10-5-2-6-11-38)51(63)66-31-34-20-22-56(23-21-34)30-33-8-3-1-4-9-33/h1-19,26-27,34,37,40,46,53,57-59,64H,20-25,28-32H2,(H,54,62)(H,55,61)/t37-,40-,46-,52?/m0/s1. The van der Waals surface area contributed by atoms with Gasteiger partial charge in [-0.25, -0.2) is 4.79 Å². The lowest BCUT2D eigenvalue weighted by Gasteiger charge is -2.34. The van der Waals surface area contributed by atoms with Crippen LogP contribution in [-0.4, -0.2) is 86.9 Å². The van der Waals surface area contributed by atoms with Gasteiger partial charge in [0, 0.05) is 59.7 Å². The molecule has 342 valence electrons. The van der Waals surface area contributed by atoms with Gasteiger partial charge in [0.1, 0.15) is 23.9 Å². The number of phenolic OH excluding ortho intramolecular Hbond substituents is 2. The van der Waals surface area contributed by atoms with E-state index in [0.717, 1.165) is 32.5 Å². The van der Waals surface area contributed by atoms with Gasteiger partial charge in [0.25, 0.3) is 5.91 Å². The number of esters is 1. The number of carbonyl (C=O) groups excluding carboxylic acids is 3. The van der Waals surface area contributed by atoms with E-state index in [1.165, 1.54) is 29.8 Å². The molecule has 0 bridgehead atoms. The molecule has 5 aromatic carbocycles. The van der Waals surface area contributed by atoms with Crippen molar-refractivity contribution in [3.8, 4) is 17.2 Å². The number of ether oxygens (including phenoxy) is 2. The number of pyridine rings is 1. The van der Waals surface area contributed by atoms with Crippen LogP contribution in [0.2, 0.25) is 0 Å². The van der Waals surface area contributed by atoms with Crippen molar-refractivity contribution in [2.75, 3.05) is 32.8 Å². The molecule has 6 aromatic rings. The number of hydrogen-bond donors (Lipinski definition) is 7. The quantitative estimate of drug-likeness (QED) is 0.0526. The summed E-state index contributed by atoms with van der Waals surface area (Å²) < 4.78 is 11.8. The molecular weight excluding hydrogens is 841 g/mol. The molecule has 8 rings (SSSR count). The zero-order valence-electron chi connectivity index (χ0n) is 36.4. The molecule has 1 aliphatic heterocycles. The second-order valence-electron chi connectivity index (χ2n) is 17.3. The number of ketones is 1. The number of aliphatic hydroxyl groups excluding tert-OH is 1. The number of amides is 1. The second-order valence-corrected chi connectivity index (χ2v) is 17.3. The molecule has 1 amide bonds. The summed E-state index contributed by atoms with van der Waals surface area (Å²) in [6, 6.07) is 35.6. The SMILES string of the molecule is O=C(N[C@H]1C[C@H](C(=O)COc2cccc(C(O)(C(=O)OCC3CCN(Cc4ccccc4)CC3)c3ccccc3)c2)C1)c1ccc(CNC[C@H](O)c2ccc(O)c3[nH]c(=O)ccc23)c(O)c1. The van der Waals surface area contributed by atoms with Gasteiger partial charge in [0.05, 0.1) is 18.2 Å². The van der Waals surface area contributed by atoms with Crippen molar-refractivity contribution in [3.05, 3.63) is 171 Å². The summed E-state index contributed by atoms with van der Waals surface area (Å²) in [5.41, 5.74) is 0.857. The predicted octanol–water partition coefficient (Wildman–Crippen LogP) is 5.61. The zero-order valence-corrected chi connectivity index (χ0v) is 36.4. The number of likely N-dealkylation sites (tertiary alicyclic amines) is 1. The lowest BCUT2D eigenvalue weighted by atomic mass is 9.77. The fourth-order valence-corrected chi connectivity index (χ4v) is 8.74. The van der Waals surface area contributed by atoms with Crippen LogP contribution in [0.15, 0.2) is 132 Å². The average molecular weight is 895 g/mol. The number of piperidine rings is 1. The Morgan fingerprint density at radius 3 is 2.29 bits per heavy atom. The molecule has 0 radical (unpaired) electrons. The van der Waals surface area contributed by atoms with Gasteiger partial charge < -0.3 is 45.5 Å². The molecule has 1 saturated heterocycles. The van der Waals surface area contributed by atoms with E-state index in [4.69, 9.17) is 9.47 Å². The molecule has 66 heavy (non-hydrogen) atoms. The van der Waals surface area contributed by atoms with E-state index in [9.17, 15) is 39.6 Å². The van der Waals surface area contributed by atoms with Crippen molar-refractivity contribution in [2.45, 2.75) is 56.5 Å². The molecule has 14 nitrogen and oxygen atoms in total. The molecule has 2 fully saturated rings. The van der Waals surface area contributed by atoms with Crippen molar-refractivity contribution >= 4 is 28.6 Å². The number of nitrogens with zero attached hydrogens (tertiary/aromatic N) is 1. The minimum absolute atomic E-state index is 0.101. The van der Waals surface area contributed by atoms with Gasteiger partial charge in [-0.05, 0) is 97.8 Å². The van der Waals surface area contributed by atoms with Gasteiger partial charge in [-0.3, -0.25) is 19.3 Å². The smallest absolute Gasteiger partial charge is 0.347 e. The highest BCUT2D eigenvalue weighted by Crippen LogP contribution is 2.35. The largest absolute Gasteiger partial charge is 0.508 e. The first-order valence-electron chi connectivity index (χ1n) is 22.3. The average Bonchev–Trinajstić information content (AvgIpc) is 3.32. The molecule has 7 N–H and O–H groups in total. The molecule has 2 heterocycles. The third-order valence-electron chi connectivity index (χ3n) is 12.7. The number of H-pyrrole nitrogens is 1. The van der Waals surface area contributed by atoms with Crippen molar-refractivity contribution in [1.29, 1.82) is 0 Å². The summed E-state index contributed by atoms with van der Waals surface area (Å²) in [6.07, 6.45) is 1.60. The number of carbonyl (C=O) groups is 3. The van der Waals surface area contributed by atoms with Crippen molar-refractivity contribution < 1.29 is 44.3 Å². The number of hydrogen-bond acceptors (Lipinski definition) is 12. The van der Waals surface area contributed by atoms with Gasteiger partial charge in [-0.1, -0.05) is 84.9 Å². The molecule has 14 heteroatoms. The van der Waals surface area contributed by atoms with Gasteiger partial charge in [0.2, 0.25) is 11.2 Å². The van der Waals surface area contributed by atoms with E-state index in [1.807, 2.05) is 18.2 Å². The Morgan fingerprint density at radius 1 is 0.818 bits per heavy atom. The van der Waals surface area contributed by atoms with E-state index < -0.39 is 23.6 Å². The number of nitrogens with one attached hydrogen (secondary N) is 3. The van der Waals surface area contributed by atoms with Crippen LogP contribution in [0.3, 0.4) is 0 Å². The summed E-state index contributed by atoms with van der Waals surface area (Å²) in [5, 5.41) is 50.4. The highest BCUT2D eigenvalue weighted by molar-refractivity contribution is 5.95. The van der Waals surface area contributed by atoms with Crippen molar-refractivity contribution in [1.82, 2.24) is 20.5 Å². The van der Waals surface area contributed by atoms with Gasteiger partial charge in [0.15, 0.2) is 5.78 Å². The number of Topliss-reactive ketones (excluding diaryl/α,β-unsaturated/α-hetero) is 1. The molecule has 0 spiro atoms. The second kappa shape index (κ2) is 20.6. The van der Waals surface area contributed by atoms with Gasteiger partial charge >= 0.3 is 5.97 Å². The fraction of sp³-hybridized carbons (Fsp3) is 0.308. The highest BCUT2D eigenvalue weighted by atomic mass is 16.5. The maximum absolute atomic E-state index is 13.9. The number of benzene rings is 5. The Balaban J connectivity index is 0.791. The lowest BCUT2D eigenvalue weighted by molar-refractivity contribution is -0.164. The third-order valence-corrected chi connectivity index (χ3v) is 12.7. The number of rotatable bonds is 18. The molecule has 2 aliphatic rings. The third kappa shape index (κ3) is 10.6. The summed E-state index contributed by atoms with van der Waals surface area (Å²) in [6.45, 7) is 2.89. The molecule has 1 unspecified atom stereocenters. The fourth-order valence-electron chi connectivity index (χ4n) is 8.74. The van der Waals surface area contributed by atoms with Gasteiger partial charge in [-0.2, -0.15) is 0 Å². The molecule has 1 aromatic heterocycles. The van der Waals surface area contributed by atoms with Crippen LogP contribution < -0.4 is 20.9 Å². The number of aromatic nitrogens is 1. The predicted molar refractivity (Wildman–Crippen MR) is 247 cm³/mol. The maximum Gasteiger partial charge on any atom is 0.347 e. The van der Waals surface area contributed by atoms with E-state index in [1.54, 1.807) is 72.8 Å². The Labute approximate surface area is 381 Å². The first-order valence-corrected chi connectivity index (χ1v) is 22.3. The monoisotopic (exact) mass is 894 g/mol. The number of aromatic hydroxyl groups is 2. The van der Waals surface area contributed by atoms with Gasteiger partial charge in [-0.15, -0.1) is 0 Å². The normalized spacial score (nSPS) is 17.8. The van der Waals surface area contributed by atoms with Crippen molar-refractivity contribution in [2.24, 2.45) is 11.8 Å². The minimum Gasteiger partial charge on any atom is -0.508 e. The summed E-state index contributed by atoms with van der Waals surface area (Å²) in [7, 11) is 0. The minimum atomic E-state index is -2.12. The lowest BCUT2D eigenvalue weighted by Crippen LogP contribution is -2.47. The van der Waals surface area contributed by atoms with Crippen LogP contribution >= 0.6 is 0 Å². The van der Waals surface area contributed by atoms with E-state index in [0.29, 0.717) is 40.7 Å². The Kier molecular flexibility index (Phi) is 14.2. The Bertz CT molecular complexity index is 2720. The summed E-state index contributed by atoms with van der Waals surface area (Å²) in [5.74, 6) is -1.40. The molecule has 2 atom stereocenters. The number of aromatic amines is 1. The summed E-state index contributed by atoms with van der Waals surface area (Å²) >= 11 is 0. The zero-order chi connectivity index (χ0) is 46.2. The summed E-state index contributed by atoms with van der Waals surface area (Å²) in [4.78, 5) is 56.8. The van der Waals surface area contributed by atoms with Crippen LogP contribution in [0.1, 0.15) is 70.0 Å². The molecular formula is C52H54N4O10. The topological polar surface area (TPSA) is 211 Å². The van der Waals surface area contributed by atoms with E-state index >= 15 is 0 Å².